The second-order valence-electron chi connectivity index (χ2n) is 13.3. The highest BCUT2D eigenvalue weighted by atomic mass is 32.2. The Balaban J connectivity index is 1.04. The average molecular weight is 689 g/mol. The molecule has 266 valence electrons. The zero-order valence-corrected chi connectivity index (χ0v) is 27.4. The van der Waals surface area contributed by atoms with Crippen molar-refractivity contribution in [1.82, 2.24) is 31.1 Å². The van der Waals surface area contributed by atoms with E-state index in [1.165, 1.54) is 6.92 Å². The Labute approximate surface area is 277 Å². The van der Waals surface area contributed by atoms with E-state index in [4.69, 9.17) is 18.9 Å². The van der Waals surface area contributed by atoms with Crippen molar-refractivity contribution in [2.24, 2.45) is 0 Å². The number of amides is 2. The van der Waals surface area contributed by atoms with Gasteiger partial charge in [-0.15, -0.1) is 11.8 Å². The standard InChI is InChI=1S/C29H48N6O11S/c1-16(36)11-47-17(25(42)33-13-29-15-44-27(46-29)20(22(39)24(29)41)35-8-4-31-5-9-35)10-18(37)32-12-28-14-43-26(45-28)19(21(38)23(28)40)34-6-2-30-3-7-34/h17,19-24,26-27,30-31,38-41H,2-15H2,1H3,(H,32,37)(H,33,42)/t17?,19-,20-,21-,22-,23-,24-,26+,27+,28+,29+/m1/s1. The second kappa shape index (κ2) is 14.8. The van der Waals surface area contributed by atoms with Crippen LogP contribution in [0.15, 0.2) is 0 Å². The number of aliphatic hydroxyl groups is 4. The van der Waals surface area contributed by atoms with Gasteiger partial charge in [0.15, 0.2) is 12.6 Å². The van der Waals surface area contributed by atoms with Crippen molar-refractivity contribution in [1.29, 1.82) is 0 Å². The van der Waals surface area contributed by atoms with E-state index in [0.29, 0.717) is 26.2 Å². The molecule has 0 radical (unpaired) electrons. The van der Waals surface area contributed by atoms with Gasteiger partial charge in [0, 0.05) is 58.8 Å². The lowest BCUT2D eigenvalue weighted by molar-refractivity contribution is -0.243. The minimum absolute atomic E-state index is 0.00715. The van der Waals surface area contributed by atoms with Crippen molar-refractivity contribution in [2.45, 2.75) is 78.9 Å². The van der Waals surface area contributed by atoms with E-state index in [-0.39, 0.29) is 44.3 Å². The van der Waals surface area contributed by atoms with E-state index in [2.05, 4.69) is 21.3 Å². The lowest BCUT2D eigenvalue weighted by atomic mass is 9.86. The summed E-state index contributed by atoms with van der Waals surface area (Å²) in [5, 5.41) is 55.3. The molecule has 0 aromatic carbocycles. The number of carbonyl (C=O) groups is 3. The number of Topliss-reactive ketones (excluding diaryl/α,β-unsaturated/α-hetero) is 1. The highest BCUT2D eigenvalue weighted by molar-refractivity contribution is 8.01. The maximum atomic E-state index is 13.4. The van der Waals surface area contributed by atoms with Gasteiger partial charge in [-0.2, -0.15) is 0 Å². The third-order valence-corrected chi connectivity index (χ3v) is 11.5. The van der Waals surface area contributed by atoms with Crippen LogP contribution in [0.5, 0.6) is 0 Å². The van der Waals surface area contributed by atoms with Gasteiger partial charge in [0.05, 0.1) is 49.4 Å². The molecule has 17 nitrogen and oxygen atoms in total. The summed E-state index contributed by atoms with van der Waals surface area (Å²) < 4.78 is 23.9. The van der Waals surface area contributed by atoms with Gasteiger partial charge < -0.3 is 60.6 Å². The molecule has 0 aromatic heterocycles. The van der Waals surface area contributed by atoms with Crippen LogP contribution in [-0.2, 0) is 33.3 Å². The van der Waals surface area contributed by atoms with Gasteiger partial charge in [-0.05, 0) is 6.92 Å². The van der Waals surface area contributed by atoms with Crippen LogP contribution in [0.2, 0.25) is 0 Å². The molecule has 0 aromatic rings. The zero-order chi connectivity index (χ0) is 33.3. The van der Waals surface area contributed by atoms with E-state index < -0.39 is 77.3 Å². The SMILES string of the molecule is CC(=O)CSC(CC(=O)NC[C@@]12CO[C@@H](O1)[C@H](N1CCNCC1)[C@@H](O)[C@H]2O)C(=O)NC[C@@]12CO[C@@H](O1)[C@H](N1CCNCC1)[C@@H](O)[C@H]2O. The molecular formula is C29H48N6O11S. The Morgan fingerprint density at radius 2 is 1.28 bits per heavy atom. The molecule has 47 heavy (non-hydrogen) atoms. The Kier molecular flexibility index (Phi) is 11.1. The lowest BCUT2D eigenvalue weighted by Gasteiger charge is -2.47. The van der Waals surface area contributed by atoms with Gasteiger partial charge >= 0.3 is 0 Å². The predicted molar refractivity (Wildman–Crippen MR) is 165 cm³/mol. The third-order valence-electron chi connectivity index (χ3n) is 10.1. The molecule has 0 saturated carbocycles. The molecule has 6 saturated heterocycles. The summed E-state index contributed by atoms with van der Waals surface area (Å²) in [6.07, 6.45) is -6.83. The number of carbonyl (C=O) groups excluding carboxylic acids is 3. The summed E-state index contributed by atoms with van der Waals surface area (Å²) in [4.78, 5) is 42.4. The van der Waals surface area contributed by atoms with Gasteiger partial charge in [-0.25, -0.2) is 0 Å². The van der Waals surface area contributed by atoms with Crippen LogP contribution in [0, 0.1) is 0 Å². The first-order valence-corrected chi connectivity index (χ1v) is 17.4. The molecule has 4 bridgehead atoms. The van der Waals surface area contributed by atoms with Crippen LogP contribution in [0.25, 0.3) is 0 Å². The van der Waals surface area contributed by atoms with E-state index in [9.17, 15) is 34.8 Å². The van der Waals surface area contributed by atoms with Crippen molar-refractivity contribution >= 4 is 29.4 Å². The second-order valence-corrected chi connectivity index (χ2v) is 14.5. The Bertz CT molecular complexity index is 1150. The number of nitrogens with one attached hydrogen (secondary N) is 4. The van der Waals surface area contributed by atoms with Gasteiger partial charge in [0.1, 0.15) is 41.4 Å². The fraction of sp³-hybridized carbons (Fsp3) is 0.897. The predicted octanol–water partition coefficient (Wildman–Crippen LogP) is -5.46. The maximum absolute atomic E-state index is 13.4. The fourth-order valence-corrected chi connectivity index (χ4v) is 8.37. The van der Waals surface area contributed by atoms with Crippen LogP contribution in [0.1, 0.15) is 13.3 Å². The molecule has 8 N–H and O–H groups in total. The molecule has 11 atom stereocenters. The summed E-state index contributed by atoms with van der Waals surface area (Å²) in [6, 6.07) is -1.10. The first-order chi connectivity index (χ1) is 22.5. The van der Waals surface area contributed by atoms with E-state index in [1.54, 1.807) is 0 Å². The Morgan fingerprint density at radius 1 is 0.809 bits per heavy atom. The summed E-state index contributed by atoms with van der Waals surface area (Å²) in [6.45, 7) is 6.59. The normalized spacial score (nSPS) is 41.4. The molecule has 0 aliphatic carbocycles. The summed E-state index contributed by atoms with van der Waals surface area (Å²) in [7, 11) is 0. The number of fused-ring (bicyclic) bond motifs is 4. The summed E-state index contributed by atoms with van der Waals surface area (Å²) in [5.74, 6) is -1.26. The van der Waals surface area contributed by atoms with Crippen molar-refractivity contribution in [2.75, 3.05) is 84.4 Å². The van der Waals surface area contributed by atoms with Crippen LogP contribution in [0.3, 0.4) is 0 Å². The Hall–Kier alpha value is -1.52. The molecule has 6 rings (SSSR count). The molecule has 1 unspecified atom stereocenters. The minimum atomic E-state index is -1.38. The van der Waals surface area contributed by atoms with Crippen molar-refractivity contribution in [3.63, 3.8) is 0 Å². The van der Waals surface area contributed by atoms with Gasteiger partial charge in [-0.1, -0.05) is 0 Å². The molecular weight excluding hydrogens is 640 g/mol. The number of nitrogens with zero attached hydrogens (tertiary/aromatic N) is 2. The Morgan fingerprint density at radius 3 is 1.74 bits per heavy atom. The zero-order valence-electron chi connectivity index (χ0n) is 26.5. The van der Waals surface area contributed by atoms with Gasteiger partial charge in [0.2, 0.25) is 11.8 Å². The molecule has 6 aliphatic heterocycles. The third kappa shape index (κ3) is 7.21. The van der Waals surface area contributed by atoms with E-state index in [1.807, 2.05) is 9.80 Å². The van der Waals surface area contributed by atoms with Gasteiger partial charge in [-0.3, -0.25) is 24.2 Å². The number of ketones is 1. The number of piperazine rings is 2. The quantitative estimate of drug-likeness (QED) is 0.0958. The molecule has 18 heteroatoms. The molecule has 0 spiro atoms. The minimum Gasteiger partial charge on any atom is -0.388 e. The highest BCUT2D eigenvalue weighted by Gasteiger charge is 2.61. The number of hydrogen-bond acceptors (Lipinski definition) is 16. The summed E-state index contributed by atoms with van der Waals surface area (Å²) >= 11 is 1.01. The van der Waals surface area contributed by atoms with Crippen LogP contribution in [-0.4, -0.2) is 198 Å². The van der Waals surface area contributed by atoms with Gasteiger partial charge in [0.25, 0.3) is 0 Å². The van der Waals surface area contributed by atoms with Crippen molar-refractivity contribution in [3.05, 3.63) is 0 Å². The maximum Gasteiger partial charge on any atom is 0.233 e. The van der Waals surface area contributed by atoms with Crippen LogP contribution >= 0.6 is 11.8 Å². The molecule has 6 heterocycles. The monoisotopic (exact) mass is 688 g/mol. The lowest BCUT2D eigenvalue weighted by Crippen LogP contribution is -2.69. The largest absolute Gasteiger partial charge is 0.388 e. The number of aliphatic hydroxyl groups excluding tert-OH is 4. The number of thioether (sulfide) groups is 1. The van der Waals surface area contributed by atoms with Crippen molar-refractivity contribution in [3.8, 4) is 0 Å². The van der Waals surface area contributed by atoms with Crippen LogP contribution < -0.4 is 21.3 Å². The average Bonchev–Trinajstić information content (AvgIpc) is 3.66. The van der Waals surface area contributed by atoms with Crippen LogP contribution in [0.4, 0.5) is 0 Å². The highest BCUT2D eigenvalue weighted by Crippen LogP contribution is 2.40. The number of rotatable bonds is 12. The molecule has 6 aliphatic rings. The van der Waals surface area contributed by atoms with E-state index >= 15 is 0 Å². The first kappa shape index (κ1) is 35.3. The molecule has 2 amide bonds. The number of ether oxygens (including phenoxy) is 4. The smallest absolute Gasteiger partial charge is 0.233 e. The van der Waals surface area contributed by atoms with E-state index in [0.717, 1.165) is 37.9 Å². The van der Waals surface area contributed by atoms with Crippen molar-refractivity contribution < 1.29 is 53.8 Å². The fourth-order valence-electron chi connectivity index (χ4n) is 7.43. The number of hydrogen-bond donors (Lipinski definition) is 8. The molecule has 6 fully saturated rings. The summed E-state index contributed by atoms with van der Waals surface area (Å²) in [5.41, 5.74) is -2.73. The topological polar surface area (TPSA) is 224 Å². The first-order valence-electron chi connectivity index (χ1n) is 16.4.